The van der Waals surface area contributed by atoms with Crippen LogP contribution in [0.25, 0.3) is 10.9 Å². The van der Waals surface area contributed by atoms with Crippen LogP contribution in [0.15, 0.2) is 53.4 Å². The van der Waals surface area contributed by atoms with Gasteiger partial charge in [-0.15, -0.1) is 0 Å². The van der Waals surface area contributed by atoms with Crippen molar-refractivity contribution in [3.8, 4) is 0 Å². The van der Waals surface area contributed by atoms with Gasteiger partial charge in [-0.2, -0.15) is 0 Å². The van der Waals surface area contributed by atoms with E-state index in [1.165, 1.54) is 27.7 Å². The van der Waals surface area contributed by atoms with Gasteiger partial charge in [-0.05, 0) is 43.0 Å². The normalized spacial score (nSPS) is 19.3. The summed E-state index contributed by atoms with van der Waals surface area (Å²) in [7, 11) is -1.14. The summed E-state index contributed by atoms with van der Waals surface area (Å²) < 4.78 is 15.4. The highest BCUT2D eigenvalue weighted by Crippen LogP contribution is 2.40. The number of rotatable bonds is 3. The summed E-state index contributed by atoms with van der Waals surface area (Å²) in [6.45, 7) is 7.30. The molecule has 1 aromatic heterocycles. The minimum Gasteiger partial charge on any atom is -0.357 e. The van der Waals surface area contributed by atoms with E-state index in [1.807, 2.05) is 24.3 Å². The number of aromatic amines is 1. The van der Waals surface area contributed by atoms with E-state index in [0.29, 0.717) is 5.92 Å². The number of nitrogens with zero attached hydrogens (tertiary/aromatic N) is 1. The first-order valence-electron chi connectivity index (χ1n) is 8.91. The third-order valence-electron chi connectivity index (χ3n) is 5.10. The smallest absolute Gasteiger partial charge is 0.128 e. The molecule has 2 heterocycles. The van der Waals surface area contributed by atoms with Gasteiger partial charge in [-0.25, -0.2) is 8.51 Å². The first kappa shape index (κ1) is 16.6. The summed E-state index contributed by atoms with van der Waals surface area (Å²) in [5.41, 5.74) is 5.01. The molecule has 1 aliphatic rings. The Morgan fingerprint density at radius 2 is 1.84 bits per heavy atom. The van der Waals surface area contributed by atoms with Gasteiger partial charge in [0.1, 0.15) is 11.0 Å². The number of para-hydroxylation sites is 1. The first-order chi connectivity index (χ1) is 12.1. The third-order valence-corrected chi connectivity index (χ3v) is 6.61. The Labute approximate surface area is 151 Å². The van der Waals surface area contributed by atoms with Crippen LogP contribution in [-0.4, -0.2) is 20.0 Å². The third kappa shape index (κ3) is 2.83. The molecule has 3 nitrogen and oxygen atoms in total. The molecule has 0 fully saturated rings. The molecule has 0 amide bonds. The minimum atomic E-state index is -1.14. The van der Waals surface area contributed by atoms with Crippen LogP contribution < -0.4 is 0 Å². The monoisotopic (exact) mass is 352 g/mol. The quantitative estimate of drug-likeness (QED) is 0.725. The lowest BCUT2D eigenvalue weighted by Crippen LogP contribution is -2.39. The number of nitrogens with one attached hydrogen (secondary N) is 1. The Bertz CT molecular complexity index is 927. The van der Waals surface area contributed by atoms with E-state index in [4.69, 9.17) is 0 Å². The van der Waals surface area contributed by atoms with Crippen molar-refractivity contribution < 1.29 is 4.21 Å². The predicted octanol–water partition coefficient (Wildman–Crippen LogP) is 4.75. The van der Waals surface area contributed by atoms with Crippen LogP contribution in [0.1, 0.15) is 36.7 Å². The molecule has 0 spiro atoms. The highest BCUT2D eigenvalue weighted by molar-refractivity contribution is 7.82. The highest BCUT2D eigenvalue weighted by Gasteiger charge is 2.35. The van der Waals surface area contributed by atoms with E-state index in [-0.39, 0.29) is 6.04 Å². The van der Waals surface area contributed by atoms with E-state index in [9.17, 15) is 4.21 Å². The molecule has 0 saturated carbocycles. The molecule has 1 N–H and O–H groups in total. The molecule has 0 aliphatic carbocycles. The molecule has 4 heteroatoms. The fourth-order valence-corrected chi connectivity index (χ4v) is 5.34. The summed E-state index contributed by atoms with van der Waals surface area (Å²) in [5, 5.41) is 1.31. The minimum absolute atomic E-state index is 0.137. The summed E-state index contributed by atoms with van der Waals surface area (Å²) in [6.07, 6.45) is 0.931. The van der Waals surface area contributed by atoms with Crippen LogP contribution in [0.2, 0.25) is 0 Å². The zero-order valence-corrected chi connectivity index (χ0v) is 15.8. The van der Waals surface area contributed by atoms with Gasteiger partial charge in [0.25, 0.3) is 0 Å². The standard InChI is InChI=1S/C21H24N2OS/c1-14(2)21-20-18(17-6-4-5-7-19(17)22-20)12-13-23(21)25(24)16-10-8-15(3)9-11-16/h4-11,14,21-22H,12-13H2,1-3H3. The van der Waals surface area contributed by atoms with Gasteiger partial charge < -0.3 is 4.98 Å². The number of hydrogen-bond acceptors (Lipinski definition) is 1. The van der Waals surface area contributed by atoms with Gasteiger partial charge in [-0.3, -0.25) is 0 Å². The maximum atomic E-state index is 13.3. The second kappa shape index (κ2) is 6.43. The van der Waals surface area contributed by atoms with E-state index in [1.54, 1.807) is 0 Å². The lowest BCUT2D eigenvalue weighted by molar-refractivity contribution is 0.255. The van der Waals surface area contributed by atoms with Crippen molar-refractivity contribution in [3.63, 3.8) is 0 Å². The van der Waals surface area contributed by atoms with E-state index in [0.717, 1.165) is 17.9 Å². The Morgan fingerprint density at radius 3 is 2.56 bits per heavy atom. The van der Waals surface area contributed by atoms with Crippen LogP contribution in [0, 0.1) is 12.8 Å². The number of H-pyrrole nitrogens is 1. The fraction of sp³-hybridized carbons (Fsp3) is 0.333. The average molecular weight is 353 g/mol. The Balaban J connectivity index is 1.77. The summed E-state index contributed by atoms with van der Waals surface area (Å²) in [5.74, 6) is 0.376. The molecular formula is C21H24N2OS. The van der Waals surface area contributed by atoms with Crippen molar-refractivity contribution in [2.75, 3.05) is 6.54 Å². The molecule has 2 unspecified atom stereocenters. The van der Waals surface area contributed by atoms with Crippen molar-refractivity contribution in [2.24, 2.45) is 5.92 Å². The maximum absolute atomic E-state index is 13.3. The molecular weight excluding hydrogens is 328 g/mol. The van der Waals surface area contributed by atoms with Crippen molar-refractivity contribution in [2.45, 2.75) is 38.1 Å². The molecule has 0 bridgehead atoms. The van der Waals surface area contributed by atoms with Gasteiger partial charge >= 0.3 is 0 Å². The molecule has 130 valence electrons. The summed E-state index contributed by atoms with van der Waals surface area (Å²) in [6, 6.07) is 16.7. The summed E-state index contributed by atoms with van der Waals surface area (Å²) >= 11 is 0. The molecule has 2 aromatic carbocycles. The SMILES string of the molecule is Cc1ccc(S(=O)N2CCc3c([nH]c4ccccc34)C2C(C)C)cc1. The molecule has 0 saturated heterocycles. The average Bonchev–Trinajstić information content (AvgIpc) is 2.99. The van der Waals surface area contributed by atoms with E-state index < -0.39 is 11.0 Å². The first-order valence-corrected chi connectivity index (χ1v) is 10.0. The maximum Gasteiger partial charge on any atom is 0.128 e. The van der Waals surface area contributed by atoms with Crippen LogP contribution in [0.5, 0.6) is 0 Å². The largest absolute Gasteiger partial charge is 0.357 e. The molecule has 1 aliphatic heterocycles. The number of hydrogen-bond donors (Lipinski definition) is 1. The van der Waals surface area contributed by atoms with Gasteiger partial charge in [-0.1, -0.05) is 49.7 Å². The van der Waals surface area contributed by atoms with Gasteiger partial charge in [0.05, 0.1) is 10.9 Å². The van der Waals surface area contributed by atoms with Crippen molar-refractivity contribution >= 4 is 21.9 Å². The molecule has 2 atom stereocenters. The number of aryl methyl sites for hydroxylation is 1. The lowest BCUT2D eigenvalue weighted by Gasteiger charge is -2.37. The van der Waals surface area contributed by atoms with Gasteiger partial charge in [0.15, 0.2) is 0 Å². The topological polar surface area (TPSA) is 36.1 Å². The predicted molar refractivity (Wildman–Crippen MR) is 104 cm³/mol. The van der Waals surface area contributed by atoms with E-state index >= 15 is 0 Å². The Hall–Kier alpha value is -1.91. The van der Waals surface area contributed by atoms with Crippen molar-refractivity contribution in [1.82, 2.24) is 9.29 Å². The molecule has 25 heavy (non-hydrogen) atoms. The van der Waals surface area contributed by atoms with Crippen molar-refractivity contribution in [3.05, 3.63) is 65.4 Å². The number of benzene rings is 2. The zero-order chi connectivity index (χ0) is 17.6. The highest BCUT2D eigenvalue weighted by atomic mass is 32.2. The fourth-order valence-electron chi connectivity index (χ4n) is 3.89. The van der Waals surface area contributed by atoms with Gasteiger partial charge in [0, 0.05) is 23.1 Å². The van der Waals surface area contributed by atoms with Crippen LogP contribution in [-0.2, 0) is 17.4 Å². The second-order valence-electron chi connectivity index (χ2n) is 7.20. The van der Waals surface area contributed by atoms with E-state index in [2.05, 4.69) is 54.3 Å². The summed E-state index contributed by atoms with van der Waals surface area (Å²) in [4.78, 5) is 4.50. The molecule has 3 aromatic rings. The second-order valence-corrected chi connectivity index (χ2v) is 8.64. The van der Waals surface area contributed by atoms with Crippen LogP contribution in [0.3, 0.4) is 0 Å². The number of aromatic nitrogens is 1. The Morgan fingerprint density at radius 1 is 1.12 bits per heavy atom. The van der Waals surface area contributed by atoms with Gasteiger partial charge in [0.2, 0.25) is 0 Å². The Kier molecular flexibility index (Phi) is 4.26. The number of fused-ring (bicyclic) bond motifs is 3. The van der Waals surface area contributed by atoms with Crippen LogP contribution >= 0.6 is 0 Å². The van der Waals surface area contributed by atoms with Crippen LogP contribution in [0.4, 0.5) is 0 Å². The molecule has 0 radical (unpaired) electrons. The zero-order valence-electron chi connectivity index (χ0n) is 15.0. The molecule has 4 rings (SSSR count). The lowest BCUT2D eigenvalue weighted by atomic mass is 9.92. The van der Waals surface area contributed by atoms with Crippen molar-refractivity contribution in [1.29, 1.82) is 0 Å².